The van der Waals surface area contributed by atoms with E-state index in [1.807, 2.05) is 6.07 Å². The highest BCUT2D eigenvalue weighted by atomic mass is 79.9. The van der Waals surface area contributed by atoms with Crippen molar-refractivity contribution in [1.82, 2.24) is 0 Å². The molecule has 0 spiro atoms. The van der Waals surface area contributed by atoms with Gasteiger partial charge in [0.1, 0.15) is 0 Å². The molecule has 1 aromatic carbocycles. The van der Waals surface area contributed by atoms with Gasteiger partial charge in [-0.05, 0) is 52.4 Å². The second-order valence-corrected chi connectivity index (χ2v) is 5.87. The van der Waals surface area contributed by atoms with E-state index in [-0.39, 0.29) is 0 Å². The van der Waals surface area contributed by atoms with Crippen molar-refractivity contribution in [1.29, 1.82) is 0 Å². The number of nitrogens with two attached hydrogens (primary N) is 1. The van der Waals surface area contributed by atoms with E-state index >= 15 is 0 Å². The van der Waals surface area contributed by atoms with Crippen molar-refractivity contribution in [2.24, 2.45) is 11.8 Å². The number of nitrogen functional groups attached to an aromatic ring is 1. The molecule has 1 heterocycles. The first-order chi connectivity index (χ1) is 7.49. The van der Waals surface area contributed by atoms with Gasteiger partial charge in [-0.1, -0.05) is 13.8 Å². The molecule has 2 N–H and O–H groups in total. The number of benzene rings is 1. The first-order valence-corrected chi connectivity index (χ1v) is 6.59. The summed E-state index contributed by atoms with van der Waals surface area (Å²) in [5.74, 6) is 1.54. The Morgan fingerprint density at radius 2 is 1.81 bits per heavy atom. The first kappa shape index (κ1) is 11.8. The van der Waals surface area contributed by atoms with E-state index in [4.69, 9.17) is 5.73 Å². The van der Waals surface area contributed by atoms with Gasteiger partial charge in [0.15, 0.2) is 0 Å². The van der Waals surface area contributed by atoms with Crippen LogP contribution in [0, 0.1) is 18.8 Å². The van der Waals surface area contributed by atoms with E-state index in [2.05, 4.69) is 47.7 Å². The quantitative estimate of drug-likeness (QED) is 0.800. The lowest BCUT2D eigenvalue weighted by molar-refractivity contribution is 0.494. The molecule has 16 heavy (non-hydrogen) atoms. The number of hydrogen-bond donors (Lipinski definition) is 1. The van der Waals surface area contributed by atoms with Crippen LogP contribution >= 0.6 is 15.9 Å². The molecule has 2 atom stereocenters. The molecule has 0 saturated carbocycles. The van der Waals surface area contributed by atoms with Gasteiger partial charge in [-0.3, -0.25) is 0 Å². The first-order valence-electron chi connectivity index (χ1n) is 5.79. The molecule has 1 aromatic rings. The summed E-state index contributed by atoms with van der Waals surface area (Å²) in [6, 6.07) is 4.20. The van der Waals surface area contributed by atoms with Gasteiger partial charge < -0.3 is 10.6 Å². The second-order valence-electron chi connectivity index (χ2n) is 5.02. The highest BCUT2D eigenvalue weighted by Gasteiger charge is 2.27. The van der Waals surface area contributed by atoms with Gasteiger partial charge in [-0.25, -0.2) is 0 Å². The normalized spacial score (nSPS) is 25.1. The molecule has 1 aliphatic rings. The van der Waals surface area contributed by atoms with Crippen LogP contribution in [0.3, 0.4) is 0 Å². The molecule has 0 aliphatic carbocycles. The fourth-order valence-corrected chi connectivity index (χ4v) is 2.86. The molecule has 0 radical (unpaired) electrons. The van der Waals surface area contributed by atoms with E-state index in [0.29, 0.717) is 0 Å². The monoisotopic (exact) mass is 282 g/mol. The average molecular weight is 283 g/mol. The Morgan fingerprint density at radius 3 is 2.38 bits per heavy atom. The van der Waals surface area contributed by atoms with Crippen LogP contribution in [0.25, 0.3) is 0 Å². The van der Waals surface area contributed by atoms with E-state index in [9.17, 15) is 0 Å². The van der Waals surface area contributed by atoms with Gasteiger partial charge in [-0.15, -0.1) is 0 Å². The maximum atomic E-state index is 5.89. The van der Waals surface area contributed by atoms with Gasteiger partial charge in [0, 0.05) is 23.2 Å². The van der Waals surface area contributed by atoms with Crippen molar-refractivity contribution in [3.05, 3.63) is 22.2 Å². The topological polar surface area (TPSA) is 29.3 Å². The summed E-state index contributed by atoms with van der Waals surface area (Å²) >= 11 is 3.61. The van der Waals surface area contributed by atoms with Gasteiger partial charge in [0.2, 0.25) is 0 Å². The van der Waals surface area contributed by atoms with Crippen LogP contribution in [-0.2, 0) is 0 Å². The van der Waals surface area contributed by atoms with Gasteiger partial charge >= 0.3 is 0 Å². The highest BCUT2D eigenvalue weighted by Crippen LogP contribution is 2.35. The van der Waals surface area contributed by atoms with Crippen molar-refractivity contribution >= 4 is 27.3 Å². The average Bonchev–Trinajstić information content (AvgIpc) is 2.53. The molecule has 1 aliphatic heterocycles. The largest absolute Gasteiger partial charge is 0.398 e. The fourth-order valence-electron chi connectivity index (χ4n) is 2.25. The number of halogens is 1. The minimum atomic E-state index is 0.768. The highest BCUT2D eigenvalue weighted by molar-refractivity contribution is 9.10. The molecule has 1 fully saturated rings. The molecule has 88 valence electrons. The van der Waals surface area contributed by atoms with E-state index in [1.54, 1.807) is 0 Å². The minimum Gasteiger partial charge on any atom is -0.398 e. The Balaban J connectivity index is 2.31. The van der Waals surface area contributed by atoms with Crippen molar-refractivity contribution in [3.63, 3.8) is 0 Å². The van der Waals surface area contributed by atoms with Crippen LogP contribution < -0.4 is 10.6 Å². The molecule has 0 bridgehead atoms. The third-order valence-corrected chi connectivity index (χ3v) is 4.30. The van der Waals surface area contributed by atoms with Gasteiger partial charge in [0.05, 0.1) is 5.69 Å². The van der Waals surface area contributed by atoms with Crippen LogP contribution in [-0.4, -0.2) is 13.1 Å². The van der Waals surface area contributed by atoms with Crippen LogP contribution in [0.1, 0.15) is 19.4 Å². The predicted molar refractivity (Wildman–Crippen MR) is 73.8 cm³/mol. The van der Waals surface area contributed by atoms with Crippen LogP contribution in [0.4, 0.5) is 11.4 Å². The summed E-state index contributed by atoms with van der Waals surface area (Å²) < 4.78 is 1.11. The third-order valence-electron chi connectivity index (χ3n) is 3.66. The number of nitrogens with zero attached hydrogens (tertiary/aromatic N) is 1. The van der Waals surface area contributed by atoms with Crippen LogP contribution in [0.15, 0.2) is 16.6 Å². The second kappa shape index (κ2) is 4.28. The lowest BCUT2D eigenvalue weighted by atomic mass is 10.0. The van der Waals surface area contributed by atoms with Crippen LogP contribution in [0.2, 0.25) is 0 Å². The van der Waals surface area contributed by atoms with E-state index in [0.717, 1.165) is 40.6 Å². The van der Waals surface area contributed by atoms with Crippen molar-refractivity contribution in [2.75, 3.05) is 23.7 Å². The van der Waals surface area contributed by atoms with E-state index in [1.165, 1.54) is 5.69 Å². The Labute approximate surface area is 106 Å². The summed E-state index contributed by atoms with van der Waals surface area (Å²) in [5, 5.41) is 0. The third kappa shape index (κ3) is 2.05. The maximum Gasteiger partial charge on any atom is 0.0515 e. The lowest BCUT2D eigenvalue weighted by Crippen LogP contribution is -2.20. The molecule has 2 unspecified atom stereocenters. The van der Waals surface area contributed by atoms with Gasteiger partial charge in [-0.2, -0.15) is 0 Å². The zero-order valence-corrected chi connectivity index (χ0v) is 11.7. The summed E-state index contributed by atoms with van der Waals surface area (Å²) in [6.07, 6.45) is 0. The maximum absolute atomic E-state index is 5.89. The van der Waals surface area contributed by atoms with E-state index < -0.39 is 0 Å². The summed E-state index contributed by atoms with van der Waals surface area (Å²) in [6.45, 7) is 8.99. The van der Waals surface area contributed by atoms with Crippen LogP contribution in [0.5, 0.6) is 0 Å². The Morgan fingerprint density at radius 1 is 1.25 bits per heavy atom. The molecule has 0 amide bonds. The summed E-state index contributed by atoms with van der Waals surface area (Å²) in [4.78, 5) is 2.45. The molecule has 0 aromatic heterocycles. The molecular formula is C13H19BrN2. The Hall–Kier alpha value is -0.700. The number of anilines is 2. The van der Waals surface area contributed by atoms with Crippen molar-refractivity contribution in [3.8, 4) is 0 Å². The lowest BCUT2D eigenvalue weighted by Gasteiger charge is -2.21. The fraction of sp³-hybridized carbons (Fsp3) is 0.538. The summed E-state index contributed by atoms with van der Waals surface area (Å²) in [5.41, 5.74) is 9.19. The zero-order valence-electron chi connectivity index (χ0n) is 10.1. The Bertz CT molecular complexity index is 393. The molecular weight excluding hydrogens is 264 g/mol. The minimum absolute atomic E-state index is 0.768. The summed E-state index contributed by atoms with van der Waals surface area (Å²) in [7, 11) is 0. The smallest absolute Gasteiger partial charge is 0.0515 e. The Kier molecular flexibility index (Phi) is 3.15. The molecule has 2 nitrogen and oxygen atoms in total. The number of hydrogen-bond acceptors (Lipinski definition) is 2. The number of aryl methyl sites for hydroxylation is 1. The molecule has 1 saturated heterocycles. The van der Waals surface area contributed by atoms with Gasteiger partial charge in [0.25, 0.3) is 0 Å². The van der Waals surface area contributed by atoms with Crippen molar-refractivity contribution in [2.45, 2.75) is 20.8 Å². The van der Waals surface area contributed by atoms with Crippen molar-refractivity contribution < 1.29 is 0 Å². The molecule has 2 rings (SSSR count). The molecule has 3 heteroatoms. The predicted octanol–water partition coefficient (Wildman–Crippen LogP) is 3.43. The number of rotatable bonds is 1. The SMILES string of the molecule is Cc1cc(N2CC(C)C(C)C2)c(Br)cc1N. The standard InChI is InChI=1S/C13H19BrN2/c1-8-4-13(11(14)5-12(8)15)16-6-9(2)10(3)7-16/h4-5,9-10H,6-7,15H2,1-3H3. The zero-order chi connectivity index (χ0) is 11.9.